The van der Waals surface area contributed by atoms with Gasteiger partial charge in [0.2, 0.25) is 0 Å². The third-order valence-corrected chi connectivity index (χ3v) is 6.20. The van der Waals surface area contributed by atoms with E-state index in [9.17, 15) is 0 Å². The number of piperazine rings is 1. The lowest BCUT2D eigenvalue weighted by Gasteiger charge is -2.35. The lowest BCUT2D eigenvalue weighted by atomic mass is 9.95. The summed E-state index contributed by atoms with van der Waals surface area (Å²) in [5, 5.41) is 0. The number of amidine groups is 1. The van der Waals surface area contributed by atoms with E-state index in [1.54, 1.807) is 0 Å². The highest BCUT2D eigenvalue weighted by molar-refractivity contribution is 8.03. The second-order valence-electron chi connectivity index (χ2n) is 6.84. The van der Waals surface area contributed by atoms with Gasteiger partial charge in [-0.25, -0.2) is 4.99 Å². The molecule has 3 nitrogen and oxygen atoms in total. The van der Waals surface area contributed by atoms with Crippen molar-refractivity contribution in [2.24, 2.45) is 4.99 Å². The van der Waals surface area contributed by atoms with Crippen LogP contribution in [0.15, 0.2) is 88.2 Å². The molecule has 0 radical (unpaired) electrons. The van der Waals surface area contributed by atoms with Crippen LogP contribution in [0.1, 0.15) is 6.42 Å². The summed E-state index contributed by atoms with van der Waals surface area (Å²) in [6.45, 7) is 9.01. The van der Waals surface area contributed by atoms with Crippen molar-refractivity contribution in [2.75, 3.05) is 32.7 Å². The Morgan fingerprint density at radius 3 is 2.50 bits per heavy atom. The van der Waals surface area contributed by atoms with Gasteiger partial charge in [-0.3, -0.25) is 4.90 Å². The first-order chi connectivity index (χ1) is 12.8. The summed E-state index contributed by atoms with van der Waals surface area (Å²) in [4.78, 5) is 12.6. The first kappa shape index (κ1) is 17.4. The molecule has 1 fully saturated rings. The fourth-order valence-corrected chi connectivity index (χ4v) is 4.67. The average Bonchev–Trinajstić information content (AvgIpc) is 3.01. The molecule has 4 heteroatoms. The summed E-state index contributed by atoms with van der Waals surface area (Å²) in [7, 11) is 0. The predicted molar refractivity (Wildman–Crippen MR) is 112 cm³/mol. The summed E-state index contributed by atoms with van der Waals surface area (Å²) >= 11 is 1.83. The predicted octanol–water partition coefficient (Wildman–Crippen LogP) is 4.13. The van der Waals surface area contributed by atoms with Gasteiger partial charge >= 0.3 is 0 Å². The molecule has 1 aliphatic carbocycles. The molecule has 4 rings (SSSR count). The van der Waals surface area contributed by atoms with Gasteiger partial charge in [0.25, 0.3) is 0 Å². The van der Waals surface area contributed by atoms with Crippen LogP contribution in [0.2, 0.25) is 0 Å². The maximum Gasteiger partial charge on any atom is 0.130 e. The topological polar surface area (TPSA) is 18.8 Å². The molecule has 26 heavy (non-hydrogen) atoms. The van der Waals surface area contributed by atoms with Crippen LogP contribution in [-0.4, -0.2) is 53.9 Å². The van der Waals surface area contributed by atoms with Gasteiger partial charge in [0.1, 0.15) is 11.4 Å². The van der Waals surface area contributed by atoms with Crippen LogP contribution in [-0.2, 0) is 0 Å². The van der Waals surface area contributed by atoms with Gasteiger partial charge in [0, 0.05) is 42.5 Å². The van der Waals surface area contributed by atoms with Crippen molar-refractivity contribution >= 4 is 17.6 Å². The molecule has 1 saturated heterocycles. The van der Waals surface area contributed by atoms with E-state index in [0.29, 0.717) is 0 Å². The van der Waals surface area contributed by atoms with Gasteiger partial charge in [0.15, 0.2) is 0 Å². The molecule has 0 N–H and O–H groups in total. The Hall–Kier alpha value is -2.04. The van der Waals surface area contributed by atoms with Crippen LogP contribution in [0.4, 0.5) is 0 Å². The van der Waals surface area contributed by atoms with Gasteiger partial charge in [-0.2, -0.15) is 0 Å². The van der Waals surface area contributed by atoms with E-state index in [-0.39, 0.29) is 5.54 Å². The van der Waals surface area contributed by atoms with E-state index in [1.165, 1.54) is 9.80 Å². The SMILES string of the molecule is C=CCN1CCN(C2=NC3(C=CCC=C3)C(Sc3ccccc3)=C2)CC1. The van der Waals surface area contributed by atoms with Crippen LogP contribution >= 0.6 is 11.8 Å². The molecule has 0 saturated carbocycles. The zero-order valence-corrected chi connectivity index (χ0v) is 15.9. The highest BCUT2D eigenvalue weighted by Gasteiger charge is 2.36. The first-order valence-electron chi connectivity index (χ1n) is 9.28. The molecular formula is C22H25N3S. The third kappa shape index (κ3) is 3.57. The van der Waals surface area contributed by atoms with Gasteiger partial charge < -0.3 is 4.90 Å². The normalized spacial score (nSPS) is 21.8. The van der Waals surface area contributed by atoms with Crippen LogP contribution in [0.25, 0.3) is 0 Å². The molecule has 1 spiro atoms. The zero-order chi connectivity index (χ0) is 17.8. The van der Waals surface area contributed by atoms with Gasteiger partial charge in [-0.05, 0) is 24.6 Å². The largest absolute Gasteiger partial charge is 0.354 e. The highest BCUT2D eigenvalue weighted by Crippen LogP contribution is 2.43. The summed E-state index contributed by atoms with van der Waals surface area (Å²) in [6.07, 6.45) is 14.3. The molecule has 0 amide bonds. The van der Waals surface area contributed by atoms with Crippen LogP contribution < -0.4 is 0 Å². The number of aliphatic imine (C=N–C) groups is 1. The smallest absolute Gasteiger partial charge is 0.130 e. The number of nitrogens with zero attached hydrogens (tertiary/aromatic N) is 3. The van der Waals surface area contributed by atoms with E-state index < -0.39 is 0 Å². The second kappa shape index (κ2) is 7.68. The number of rotatable bonds is 4. The monoisotopic (exact) mass is 363 g/mol. The molecule has 3 aliphatic rings. The first-order valence-corrected chi connectivity index (χ1v) is 10.1. The molecule has 134 valence electrons. The van der Waals surface area contributed by atoms with Gasteiger partial charge in [-0.15, -0.1) is 6.58 Å². The van der Waals surface area contributed by atoms with E-state index in [4.69, 9.17) is 4.99 Å². The molecule has 0 aromatic heterocycles. The van der Waals surface area contributed by atoms with E-state index >= 15 is 0 Å². The fraction of sp³-hybridized carbons (Fsp3) is 0.318. The molecule has 2 heterocycles. The summed E-state index contributed by atoms with van der Waals surface area (Å²) < 4.78 is 0. The summed E-state index contributed by atoms with van der Waals surface area (Å²) in [5.74, 6) is 1.12. The molecule has 0 unspecified atom stereocenters. The Balaban J connectivity index is 1.56. The fourth-order valence-electron chi connectivity index (χ4n) is 3.61. The Morgan fingerprint density at radius 2 is 1.81 bits per heavy atom. The Bertz CT molecular complexity index is 756. The second-order valence-corrected chi connectivity index (χ2v) is 7.95. The van der Waals surface area contributed by atoms with Crippen LogP contribution in [0.5, 0.6) is 0 Å². The van der Waals surface area contributed by atoms with E-state index in [0.717, 1.165) is 45.0 Å². The van der Waals surface area contributed by atoms with Crippen LogP contribution in [0.3, 0.4) is 0 Å². The summed E-state index contributed by atoms with van der Waals surface area (Å²) in [5.41, 5.74) is -0.313. The molecule has 2 aliphatic heterocycles. The third-order valence-electron chi connectivity index (χ3n) is 5.03. The minimum absolute atomic E-state index is 0.313. The minimum Gasteiger partial charge on any atom is -0.354 e. The quantitative estimate of drug-likeness (QED) is 0.750. The zero-order valence-electron chi connectivity index (χ0n) is 15.1. The number of benzene rings is 1. The van der Waals surface area contributed by atoms with Crippen molar-refractivity contribution < 1.29 is 0 Å². The molecule has 1 aromatic carbocycles. The molecule has 1 aromatic rings. The summed E-state index contributed by atoms with van der Waals surface area (Å²) in [6, 6.07) is 10.6. The average molecular weight is 364 g/mol. The maximum atomic E-state index is 5.17. The van der Waals surface area contributed by atoms with E-state index in [1.807, 2.05) is 17.8 Å². The van der Waals surface area contributed by atoms with Gasteiger partial charge in [0.05, 0.1) is 0 Å². The molecular weight excluding hydrogens is 338 g/mol. The van der Waals surface area contributed by atoms with Crippen molar-refractivity contribution in [1.82, 2.24) is 9.80 Å². The van der Waals surface area contributed by atoms with Gasteiger partial charge in [-0.1, -0.05) is 60.3 Å². The highest BCUT2D eigenvalue weighted by atomic mass is 32.2. The number of allylic oxidation sites excluding steroid dienone is 2. The Morgan fingerprint density at radius 1 is 1.08 bits per heavy atom. The standard InChI is InChI=1S/C22H25N3S/c1-2-13-24-14-16-25(17-15-24)21-18-20(26-19-9-5-3-6-10-19)22(23-21)11-7-4-8-12-22/h2-3,5-12,18H,1,4,13-17H2. The lowest BCUT2D eigenvalue weighted by molar-refractivity contribution is 0.198. The Labute approximate surface area is 160 Å². The molecule has 0 bridgehead atoms. The number of thioether (sulfide) groups is 1. The Kier molecular flexibility index (Phi) is 5.14. The minimum atomic E-state index is -0.313. The van der Waals surface area contributed by atoms with Crippen molar-refractivity contribution in [1.29, 1.82) is 0 Å². The molecule has 0 atom stereocenters. The maximum absolute atomic E-state index is 5.17. The van der Waals surface area contributed by atoms with Crippen molar-refractivity contribution in [3.63, 3.8) is 0 Å². The lowest BCUT2D eigenvalue weighted by Crippen LogP contribution is -2.48. The van der Waals surface area contributed by atoms with E-state index in [2.05, 4.69) is 77.1 Å². The van der Waals surface area contributed by atoms with Crippen molar-refractivity contribution in [3.05, 3.63) is 78.3 Å². The number of hydrogen-bond acceptors (Lipinski definition) is 4. The van der Waals surface area contributed by atoms with Crippen molar-refractivity contribution in [3.8, 4) is 0 Å². The number of hydrogen-bond donors (Lipinski definition) is 0. The van der Waals surface area contributed by atoms with Crippen molar-refractivity contribution in [2.45, 2.75) is 16.9 Å². The van der Waals surface area contributed by atoms with Crippen LogP contribution in [0, 0.1) is 0 Å².